The third kappa shape index (κ3) is 2.11. The molecule has 2 N–H and O–H groups in total. The Labute approximate surface area is 106 Å². The summed E-state index contributed by atoms with van der Waals surface area (Å²) in [5.41, 5.74) is 1.91. The fourth-order valence-corrected chi connectivity index (χ4v) is 2.42. The van der Waals surface area contributed by atoms with Crippen LogP contribution in [0.4, 0.5) is 5.69 Å². The first kappa shape index (κ1) is 11.6. The Kier molecular flexibility index (Phi) is 3.25. The smallest absolute Gasteiger partial charge is 0.184 e. The molecule has 2 aliphatic rings. The van der Waals surface area contributed by atoms with Gasteiger partial charge in [0, 0.05) is 26.2 Å². The molecule has 1 fully saturated rings. The van der Waals surface area contributed by atoms with Crippen LogP contribution < -0.4 is 19.7 Å². The van der Waals surface area contributed by atoms with E-state index in [0.717, 1.165) is 48.9 Å². The van der Waals surface area contributed by atoms with Crippen molar-refractivity contribution in [3.05, 3.63) is 17.7 Å². The molecule has 0 aliphatic carbocycles. The molecule has 5 heteroatoms. The number of aliphatic hydroxyl groups excluding tert-OH is 1. The quantitative estimate of drug-likeness (QED) is 0.794. The van der Waals surface area contributed by atoms with Crippen molar-refractivity contribution in [2.75, 3.05) is 44.3 Å². The molecule has 0 atom stereocenters. The number of benzene rings is 1. The molecule has 5 nitrogen and oxygen atoms in total. The lowest BCUT2D eigenvalue weighted by Crippen LogP contribution is -2.43. The zero-order valence-electron chi connectivity index (χ0n) is 10.3. The fourth-order valence-electron chi connectivity index (χ4n) is 2.42. The number of piperazine rings is 1. The van der Waals surface area contributed by atoms with Crippen LogP contribution in [0.1, 0.15) is 5.56 Å². The largest absolute Gasteiger partial charge is 0.486 e. The number of nitrogens with zero attached hydrogens (tertiary/aromatic N) is 1. The lowest BCUT2D eigenvalue weighted by Gasteiger charge is -2.33. The molecule has 2 heterocycles. The van der Waals surface area contributed by atoms with Crippen LogP contribution in [0.3, 0.4) is 0 Å². The molecule has 0 amide bonds. The first-order chi connectivity index (χ1) is 8.88. The normalized spacial score (nSPS) is 18.8. The fraction of sp³-hybridized carbons (Fsp3) is 0.538. The summed E-state index contributed by atoms with van der Waals surface area (Å²) >= 11 is 0. The van der Waals surface area contributed by atoms with E-state index in [1.54, 1.807) is 0 Å². The van der Waals surface area contributed by atoms with E-state index in [1.165, 1.54) is 0 Å². The molecule has 0 bridgehead atoms. The van der Waals surface area contributed by atoms with E-state index in [-0.39, 0.29) is 6.61 Å². The molecular formula is C13H18N2O3. The third-order valence-corrected chi connectivity index (χ3v) is 3.32. The second-order valence-corrected chi connectivity index (χ2v) is 4.53. The van der Waals surface area contributed by atoms with Gasteiger partial charge in [-0.05, 0) is 17.7 Å². The van der Waals surface area contributed by atoms with Gasteiger partial charge in [-0.2, -0.15) is 0 Å². The van der Waals surface area contributed by atoms with Gasteiger partial charge in [0.05, 0.1) is 12.3 Å². The monoisotopic (exact) mass is 250 g/mol. The highest BCUT2D eigenvalue weighted by Gasteiger charge is 2.22. The number of rotatable bonds is 2. The van der Waals surface area contributed by atoms with Gasteiger partial charge in [-0.15, -0.1) is 0 Å². The summed E-state index contributed by atoms with van der Waals surface area (Å²) < 4.78 is 11.4. The number of nitrogens with one attached hydrogen (secondary N) is 1. The highest BCUT2D eigenvalue weighted by Crippen LogP contribution is 2.41. The highest BCUT2D eigenvalue weighted by atomic mass is 16.6. The predicted molar refractivity (Wildman–Crippen MR) is 68.4 cm³/mol. The van der Waals surface area contributed by atoms with Crippen LogP contribution in [0.2, 0.25) is 0 Å². The van der Waals surface area contributed by atoms with Gasteiger partial charge < -0.3 is 24.8 Å². The van der Waals surface area contributed by atoms with Crippen molar-refractivity contribution in [2.24, 2.45) is 0 Å². The second-order valence-electron chi connectivity index (χ2n) is 4.53. The molecule has 1 saturated heterocycles. The van der Waals surface area contributed by atoms with Gasteiger partial charge in [0.25, 0.3) is 0 Å². The molecule has 1 aromatic carbocycles. The molecule has 0 saturated carbocycles. The lowest BCUT2D eigenvalue weighted by molar-refractivity contribution is 0.171. The van der Waals surface area contributed by atoms with Gasteiger partial charge in [-0.3, -0.25) is 0 Å². The number of ether oxygens (including phenoxy) is 2. The summed E-state index contributed by atoms with van der Waals surface area (Å²) in [4.78, 5) is 2.28. The minimum absolute atomic E-state index is 0.0235. The molecular weight excluding hydrogens is 232 g/mol. The number of fused-ring (bicyclic) bond motifs is 1. The molecule has 1 aromatic rings. The maximum Gasteiger partial charge on any atom is 0.184 e. The van der Waals surface area contributed by atoms with Crippen molar-refractivity contribution in [3.63, 3.8) is 0 Å². The summed E-state index contributed by atoms with van der Waals surface area (Å²) in [7, 11) is 0. The Morgan fingerprint density at radius 1 is 1.17 bits per heavy atom. The summed E-state index contributed by atoms with van der Waals surface area (Å²) in [6.07, 6.45) is 0. The van der Waals surface area contributed by atoms with Gasteiger partial charge in [-0.1, -0.05) is 0 Å². The molecule has 0 unspecified atom stereocenters. The Bertz CT molecular complexity index is 430. The predicted octanol–water partition coefficient (Wildman–Crippen LogP) is 0.360. The van der Waals surface area contributed by atoms with Crippen LogP contribution in [0.5, 0.6) is 11.5 Å². The van der Waals surface area contributed by atoms with E-state index in [9.17, 15) is 5.11 Å². The Balaban J connectivity index is 1.99. The molecule has 18 heavy (non-hydrogen) atoms. The Morgan fingerprint density at radius 3 is 2.72 bits per heavy atom. The highest BCUT2D eigenvalue weighted by molar-refractivity contribution is 5.67. The first-order valence-corrected chi connectivity index (χ1v) is 6.37. The molecule has 0 radical (unpaired) electrons. The van der Waals surface area contributed by atoms with E-state index < -0.39 is 0 Å². The van der Waals surface area contributed by atoms with Gasteiger partial charge in [0.1, 0.15) is 13.2 Å². The van der Waals surface area contributed by atoms with Gasteiger partial charge in [0.2, 0.25) is 0 Å². The summed E-state index contributed by atoms with van der Waals surface area (Å²) in [6.45, 7) is 5.02. The maximum atomic E-state index is 9.33. The molecule has 0 aromatic heterocycles. The van der Waals surface area contributed by atoms with Crippen LogP contribution in [-0.4, -0.2) is 44.5 Å². The van der Waals surface area contributed by atoms with E-state index >= 15 is 0 Å². The topological polar surface area (TPSA) is 54.0 Å². The minimum Gasteiger partial charge on any atom is -0.486 e. The number of hydrogen-bond acceptors (Lipinski definition) is 5. The van der Waals surface area contributed by atoms with E-state index in [2.05, 4.69) is 10.2 Å². The Hall–Kier alpha value is -1.46. The van der Waals surface area contributed by atoms with Crippen molar-refractivity contribution in [1.82, 2.24) is 5.32 Å². The molecule has 98 valence electrons. The van der Waals surface area contributed by atoms with Crippen molar-refractivity contribution in [1.29, 1.82) is 0 Å². The molecule has 2 aliphatic heterocycles. The zero-order chi connectivity index (χ0) is 12.4. The number of hydrogen-bond donors (Lipinski definition) is 2. The van der Waals surface area contributed by atoms with E-state index in [4.69, 9.17) is 9.47 Å². The van der Waals surface area contributed by atoms with Gasteiger partial charge in [0.15, 0.2) is 11.5 Å². The number of aliphatic hydroxyl groups is 1. The van der Waals surface area contributed by atoms with Gasteiger partial charge >= 0.3 is 0 Å². The SMILES string of the molecule is OCc1cc2c(c(N3CCNCC3)c1)OCCO2. The van der Waals surface area contributed by atoms with Crippen LogP contribution in [0.15, 0.2) is 12.1 Å². The summed E-state index contributed by atoms with van der Waals surface area (Å²) in [6, 6.07) is 3.86. The first-order valence-electron chi connectivity index (χ1n) is 6.37. The van der Waals surface area contributed by atoms with Crippen LogP contribution >= 0.6 is 0 Å². The van der Waals surface area contributed by atoms with Crippen molar-refractivity contribution < 1.29 is 14.6 Å². The van der Waals surface area contributed by atoms with Crippen LogP contribution in [0, 0.1) is 0 Å². The maximum absolute atomic E-state index is 9.33. The van der Waals surface area contributed by atoms with Crippen molar-refractivity contribution >= 4 is 5.69 Å². The average Bonchev–Trinajstić information content (AvgIpc) is 2.47. The molecule has 3 rings (SSSR count). The standard InChI is InChI=1S/C13H18N2O3/c16-9-10-7-11(15-3-1-14-2-4-15)13-12(8-10)17-5-6-18-13/h7-8,14,16H,1-6,9H2. The average molecular weight is 250 g/mol. The molecule has 0 spiro atoms. The number of anilines is 1. The zero-order valence-corrected chi connectivity index (χ0v) is 10.3. The lowest BCUT2D eigenvalue weighted by atomic mass is 10.1. The minimum atomic E-state index is 0.0235. The third-order valence-electron chi connectivity index (χ3n) is 3.32. The Morgan fingerprint density at radius 2 is 1.94 bits per heavy atom. The van der Waals surface area contributed by atoms with Gasteiger partial charge in [-0.25, -0.2) is 0 Å². The van der Waals surface area contributed by atoms with Crippen LogP contribution in [-0.2, 0) is 6.61 Å². The van der Waals surface area contributed by atoms with Crippen LogP contribution in [0.25, 0.3) is 0 Å². The van der Waals surface area contributed by atoms with E-state index in [1.807, 2.05) is 12.1 Å². The van der Waals surface area contributed by atoms with Crippen molar-refractivity contribution in [2.45, 2.75) is 6.61 Å². The van der Waals surface area contributed by atoms with Crippen molar-refractivity contribution in [3.8, 4) is 11.5 Å². The summed E-state index contributed by atoms with van der Waals surface area (Å²) in [5, 5.41) is 12.7. The van der Waals surface area contributed by atoms with E-state index in [0.29, 0.717) is 13.2 Å². The summed E-state index contributed by atoms with van der Waals surface area (Å²) in [5.74, 6) is 1.57. The second kappa shape index (κ2) is 5.04.